The van der Waals surface area contributed by atoms with Crippen LogP contribution in [-0.4, -0.2) is 16.2 Å². The molecule has 0 amide bonds. The Labute approximate surface area is 125 Å². The summed E-state index contributed by atoms with van der Waals surface area (Å²) in [7, 11) is 0. The minimum atomic E-state index is -0.374. The summed E-state index contributed by atoms with van der Waals surface area (Å²) < 4.78 is 25.8. The van der Waals surface area contributed by atoms with Crippen LogP contribution in [0.15, 0.2) is 36.5 Å². The van der Waals surface area contributed by atoms with Gasteiger partial charge < -0.3 is 9.47 Å². The number of imidazole rings is 1. The molecule has 22 heavy (non-hydrogen) atoms. The number of nitriles is 1. The van der Waals surface area contributed by atoms with Crippen molar-refractivity contribution in [3.63, 3.8) is 0 Å². The summed E-state index contributed by atoms with van der Waals surface area (Å²) in [5, 5.41) is 9.06. The Morgan fingerprint density at radius 3 is 2.95 bits per heavy atom. The largest absolute Gasteiger partial charge is 0.454 e. The zero-order chi connectivity index (χ0) is 15.1. The number of halogens is 1. The maximum atomic E-state index is 13.5. The van der Waals surface area contributed by atoms with E-state index >= 15 is 0 Å². The lowest BCUT2D eigenvalue weighted by atomic mass is 10.1. The van der Waals surface area contributed by atoms with Gasteiger partial charge in [0.2, 0.25) is 6.79 Å². The number of benzene rings is 1. The minimum Gasteiger partial charge on any atom is -0.454 e. The predicted molar refractivity (Wildman–Crippen MR) is 76.0 cm³/mol. The second kappa shape index (κ2) is 4.74. The average molecular weight is 295 g/mol. The normalized spacial score (nSPS) is 12.5. The standard InChI is InChI=1S/C16H10FN3O2/c17-11-2-4-15-19-16(12(5-6-18)20(15)8-11)10-1-3-13-14(7-10)22-9-21-13/h1-4,7-8H,5,9H2. The number of rotatable bonds is 2. The van der Waals surface area contributed by atoms with Gasteiger partial charge in [0.15, 0.2) is 11.5 Å². The Kier molecular flexibility index (Phi) is 2.73. The highest BCUT2D eigenvalue weighted by Gasteiger charge is 2.18. The summed E-state index contributed by atoms with van der Waals surface area (Å²) in [5.41, 5.74) is 2.69. The number of hydrogen-bond acceptors (Lipinski definition) is 4. The quantitative estimate of drug-likeness (QED) is 0.729. The van der Waals surface area contributed by atoms with Gasteiger partial charge in [0.05, 0.1) is 23.9 Å². The van der Waals surface area contributed by atoms with Crippen LogP contribution >= 0.6 is 0 Å². The van der Waals surface area contributed by atoms with Crippen molar-refractivity contribution in [3.05, 3.63) is 48.0 Å². The summed E-state index contributed by atoms with van der Waals surface area (Å²) in [6.45, 7) is 0.195. The van der Waals surface area contributed by atoms with Crippen molar-refractivity contribution in [2.24, 2.45) is 0 Å². The van der Waals surface area contributed by atoms with Gasteiger partial charge in [-0.2, -0.15) is 5.26 Å². The average Bonchev–Trinajstić information content (AvgIpc) is 3.12. The van der Waals surface area contributed by atoms with E-state index in [1.54, 1.807) is 16.5 Å². The lowest BCUT2D eigenvalue weighted by Gasteiger charge is -2.03. The Morgan fingerprint density at radius 2 is 2.09 bits per heavy atom. The van der Waals surface area contributed by atoms with Crippen LogP contribution in [0.4, 0.5) is 4.39 Å². The topological polar surface area (TPSA) is 59.5 Å². The van der Waals surface area contributed by atoms with Crippen molar-refractivity contribution in [1.29, 1.82) is 5.26 Å². The molecule has 6 heteroatoms. The van der Waals surface area contributed by atoms with E-state index in [1.165, 1.54) is 12.3 Å². The molecule has 1 aliphatic rings. The molecule has 0 bridgehead atoms. The smallest absolute Gasteiger partial charge is 0.231 e. The molecule has 3 heterocycles. The molecule has 2 aromatic heterocycles. The molecule has 0 spiro atoms. The lowest BCUT2D eigenvalue weighted by molar-refractivity contribution is 0.174. The van der Waals surface area contributed by atoms with Gasteiger partial charge in [-0.15, -0.1) is 0 Å². The van der Waals surface area contributed by atoms with Crippen molar-refractivity contribution in [1.82, 2.24) is 9.38 Å². The first-order valence-electron chi connectivity index (χ1n) is 6.70. The number of fused-ring (bicyclic) bond motifs is 2. The molecule has 0 fully saturated rings. The van der Waals surface area contributed by atoms with Gasteiger partial charge in [-0.05, 0) is 30.3 Å². The summed E-state index contributed by atoms with van der Waals surface area (Å²) in [5.74, 6) is 0.949. The fourth-order valence-electron chi connectivity index (χ4n) is 2.59. The fraction of sp³-hybridized carbons (Fsp3) is 0.125. The van der Waals surface area contributed by atoms with Crippen LogP contribution in [0.1, 0.15) is 5.69 Å². The van der Waals surface area contributed by atoms with Crippen LogP contribution in [-0.2, 0) is 6.42 Å². The Hall–Kier alpha value is -3.07. The minimum absolute atomic E-state index is 0.133. The molecule has 0 aliphatic carbocycles. The highest BCUT2D eigenvalue weighted by atomic mass is 19.1. The van der Waals surface area contributed by atoms with Crippen molar-refractivity contribution in [3.8, 4) is 28.8 Å². The van der Waals surface area contributed by atoms with Gasteiger partial charge in [0.1, 0.15) is 11.5 Å². The van der Waals surface area contributed by atoms with Crippen LogP contribution < -0.4 is 9.47 Å². The summed E-state index contributed by atoms with van der Waals surface area (Å²) in [4.78, 5) is 4.52. The molecule has 5 nitrogen and oxygen atoms in total. The van der Waals surface area contributed by atoms with Crippen LogP contribution in [0.25, 0.3) is 16.9 Å². The number of ether oxygens (including phenoxy) is 2. The third kappa shape index (κ3) is 1.87. The number of aromatic nitrogens is 2. The van der Waals surface area contributed by atoms with Gasteiger partial charge in [-0.3, -0.25) is 4.40 Å². The van der Waals surface area contributed by atoms with Crippen molar-refractivity contribution >= 4 is 5.65 Å². The number of nitrogens with zero attached hydrogens (tertiary/aromatic N) is 3. The van der Waals surface area contributed by atoms with Crippen molar-refractivity contribution in [2.45, 2.75) is 6.42 Å². The Morgan fingerprint density at radius 1 is 1.23 bits per heavy atom. The van der Waals surface area contributed by atoms with Gasteiger partial charge in [0, 0.05) is 11.8 Å². The lowest BCUT2D eigenvalue weighted by Crippen LogP contribution is -1.94. The molecule has 108 valence electrons. The summed E-state index contributed by atoms with van der Waals surface area (Å²) in [6.07, 6.45) is 1.47. The maximum Gasteiger partial charge on any atom is 0.231 e. The molecule has 0 N–H and O–H groups in total. The molecule has 1 aliphatic heterocycles. The first kappa shape index (κ1) is 12.7. The zero-order valence-electron chi connectivity index (χ0n) is 11.4. The van der Waals surface area contributed by atoms with Crippen LogP contribution in [0.2, 0.25) is 0 Å². The van der Waals surface area contributed by atoms with E-state index in [1.807, 2.05) is 12.1 Å². The number of pyridine rings is 1. The van der Waals surface area contributed by atoms with E-state index in [4.69, 9.17) is 14.7 Å². The van der Waals surface area contributed by atoms with Gasteiger partial charge in [0.25, 0.3) is 0 Å². The third-order valence-corrected chi connectivity index (χ3v) is 3.57. The highest BCUT2D eigenvalue weighted by molar-refractivity contribution is 5.70. The van der Waals surface area contributed by atoms with Crippen molar-refractivity contribution in [2.75, 3.05) is 6.79 Å². The zero-order valence-corrected chi connectivity index (χ0v) is 11.4. The molecule has 3 aromatic rings. The molecule has 1 aromatic carbocycles. The SMILES string of the molecule is N#CCc1c(-c2ccc3c(c2)OCO3)nc2ccc(F)cn12. The molecule has 0 atom stereocenters. The Balaban J connectivity index is 1.94. The van der Waals surface area contributed by atoms with E-state index in [0.717, 1.165) is 5.56 Å². The predicted octanol–water partition coefficient (Wildman–Crippen LogP) is 2.94. The monoisotopic (exact) mass is 295 g/mol. The van der Waals surface area contributed by atoms with E-state index in [0.29, 0.717) is 28.5 Å². The molecular weight excluding hydrogens is 285 g/mol. The van der Waals surface area contributed by atoms with E-state index < -0.39 is 0 Å². The van der Waals surface area contributed by atoms with E-state index in [9.17, 15) is 4.39 Å². The highest BCUT2D eigenvalue weighted by Crippen LogP contribution is 2.36. The van der Waals surface area contributed by atoms with E-state index in [-0.39, 0.29) is 19.0 Å². The molecular formula is C16H10FN3O2. The fourth-order valence-corrected chi connectivity index (χ4v) is 2.59. The molecule has 4 rings (SSSR count). The first-order chi connectivity index (χ1) is 10.8. The molecule has 0 saturated carbocycles. The maximum absolute atomic E-state index is 13.5. The van der Waals surface area contributed by atoms with E-state index in [2.05, 4.69) is 11.1 Å². The summed E-state index contributed by atoms with van der Waals surface area (Å²) in [6, 6.07) is 10.5. The molecule has 0 radical (unpaired) electrons. The van der Waals surface area contributed by atoms with Gasteiger partial charge in [-0.25, -0.2) is 9.37 Å². The van der Waals surface area contributed by atoms with Gasteiger partial charge >= 0.3 is 0 Å². The summed E-state index contributed by atoms with van der Waals surface area (Å²) >= 11 is 0. The first-order valence-corrected chi connectivity index (χ1v) is 6.70. The molecule has 0 unspecified atom stereocenters. The van der Waals surface area contributed by atoms with Gasteiger partial charge in [-0.1, -0.05) is 0 Å². The third-order valence-electron chi connectivity index (χ3n) is 3.57. The second-order valence-corrected chi connectivity index (χ2v) is 4.89. The second-order valence-electron chi connectivity index (χ2n) is 4.89. The number of hydrogen-bond donors (Lipinski definition) is 0. The van der Waals surface area contributed by atoms with Crippen LogP contribution in [0.5, 0.6) is 11.5 Å². The van der Waals surface area contributed by atoms with Crippen molar-refractivity contribution < 1.29 is 13.9 Å². The van der Waals surface area contributed by atoms with Crippen LogP contribution in [0, 0.1) is 17.1 Å². The Bertz CT molecular complexity index is 927. The van der Waals surface area contributed by atoms with Crippen LogP contribution in [0.3, 0.4) is 0 Å². The molecule has 0 saturated heterocycles.